The standard InChI is InChI=1S/C15H32N4/c1-3-8-18-9-4-15(5-10-18)17(2)13-14-19-11-6-16-7-12-19/h15-16H,3-14H2,1-2H3. The van der Waals surface area contributed by atoms with Gasteiger partial charge in [0, 0.05) is 45.3 Å². The first-order valence-corrected chi connectivity index (χ1v) is 8.15. The number of piperazine rings is 1. The maximum atomic E-state index is 3.42. The summed E-state index contributed by atoms with van der Waals surface area (Å²) in [7, 11) is 2.32. The molecule has 0 unspecified atom stereocenters. The summed E-state index contributed by atoms with van der Waals surface area (Å²) in [4.78, 5) is 7.82. The van der Waals surface area contributed by atoms with Crippen molar-refractivity contribution in [2.45, 2.75) is 32.2 Å². The van der Waals surface area contributed by atoms with E-state index in [0.29, 0.717) is 0 Å². The SMILES string of the molecule is CCCN1CCC(N(C)CCN2CCNCC2)CC1. The third-order valence-electron chi connectivity index (χ3n) is 4.70. The first-order valence-electron chi connectivity index (χ1n) is 8.15. The summed E-state index contributed by atoms with van der Waals surface area (Å²) in [5, 5.41) is 3.42. The zero-order valence-corrected chi connectivity index (χ0v) is 12.9. The third-order valence-corrected chi connectivity index (χ3v) is 4.70. The van der Waals surface area contributed by atoms with Crippen LogP contribution in [0, 0.1) is 0 Å². The van der Waals surface area contributed by atoms with E-state index in [1.807, 2.05) is 0 Å². The molecule has 4 heteroatoms. The Morgan fingerprint density at radius 1 is 1.00 bits per heavy atom. The molecule has 0 atom stereocenters. The summed E-state index contributed by atoms with van der Waals surface area (Å²) in [6, 6.07) is 0.816. The second-order valence-corrected chi connectivity index (χ2v) is 6.15. The summed E-state index contributed by atoms with van der Waals surface area (Å²) in [6.07, 6.45) is 4.01. The number of nitrogens with zero attached hydrogens (tertiary/aromatic N) is 3. The first kappa shape index (κ1) is 15.2. The largest absolute Gasteiger partial charge is 0.314 e. The highest BCUT2D eigenvalue weighted by Crippen LogP contribution is 2.15. The van der Waals surface area contributed by atoms with Crippen molar-refractivity contribution >= 4 is 0 Å². The van der Waals surface area contributed by atoms with Gasteiger partial charge >= 0.3 is 0 Å². The second kappa shape index (κ2) is 8.20. The highest BCUT2D eigenvalue weighted by atomic mass is 15.2. The topological polar surface area (TPSA) is 21.8 Å². The van der Waals surface area contributed by atoms with E-state index < -0.39 is 0 Å². The Balaban J connectivity index is 1.62. The predicted molar refractivity (Wildman–Crippen MR) is 81.7 cm³/mol. The molecule has 2 heterocycles. The van der Waals surface area contributed by atoms with Crippen LogP contribution in [0.3, 0.4) is 0 Å². The van der Waals surface area contributed by atoms with E-state index in [2.05, 4.69) is 34.0 Å². The van der Waals surface area contributed by atoms with Crippen LogP contribution in [0.15, 0.2) is 0 Å². The Morgan fingerprint density at radius 2 is 1.63 bits per heavy atom. The van der Waals surface area contributed by atoms with Crippen LogP contribution in [-0.4, -0.2) is 86.7 Å². The summed E-state index contributed by atoms with van der Waals surface area (Å²) in [6.45, 7) is 13.4. The molecule has 0 aliphatic carbocycles. The molecule has 0 amide bonds. The average molecular weight is 268 g/mol. The lowest BCUT2D eigenvalue weighted by molar-refractivity contribution is 0.114. The molecule has 2 aliphatic rings. The molecule has 0 aromatic rings. The molecule has 0 radical (unpaired) electrons. The summed E-state index contributed by atoms with van der Waals surface area (Å²) in [5.74, 6) is 0. The van der Waals surface area contributed by atoms with Crippen molar-refractivity contribution in [1.29, 1.82) is 0 Å². The minimum absolute atomic E-state index is 0.816. The van der Waals surface area contributed by atoms with Crippen LogP contribution in [0.1, 0.15) is 26.2 Å². The van der Waals surface area contributed by atoms with Gasteiger partial charge in [0.05, 0.1) is 0 Å². The van der Waals surface area contributed by atoms with E-state index in [1.54, 1.807) is 0 Å². The number of hydrogen-bond donors (Lipinski definition) is 1. The van der Waals surface area contributed by atoms with Gasteiger partial charge in [0.1, 0.15) is 0 Å². The summed E-state index contributed by atoms with van der Waals surface area (Å²) in [5.41, 5.74) is 0. The first-order chi connectivity index (χ1) is 9.29. The Hall–Kier alpha value is -0.160. The molecular formula is C15H32N4. The smallest absolute Gasteiger partial charge is 0.0117 e. The maximum absolute atomic E-state index is 3.42. The quantitative estimate of drug-likeness (QED) is 0.765. The lowest BCUT2D eigenvalue weighted by atomic mass is 10.0. The van der Waals surface area contributed by atoms with Gasteiger partial charge in [-0.1, -0.05) is 6.92 Å². The molecule has 0 aromatic heterocycles. The Kier molecular flexibility index (Phi) is 6.57. The van der Waals surface area contributed by atoms with E-state index in [4.69, 9.17) is 0 Å². The van der Waals surface area contributed by atoms with Gasteiger partial charge in [0.2, 0.25) is 0 Å². The summed E-state index contributed by atoms with van der Waals surface area (Å²) < 4.78 is 0. The van der Waals surface area contributed by atoms with E-state index >= 15 is 0 Å². The van der Waals surface area contributed by atoms with E-state index in [9.17, 15) is 0 Å². The molecule has 2 saturated heterocycles. The third kappa shape index (κ3) is 5.03. The maximum Gasteiger partial charge on any atom is 0.0117 e. The minimum atomic E-state index is 0.816. The Labute approximate surface area is 119 Å². The molecule has 0 bridgehead atoms. The van der Waals surface area contributed by atoms with Crippen molar-refractivity contribution in [2.75, 3.05) is 66.0 Å². The van der Waals surface area contributed by atoms with Crippen molar-refractivity contribution in [1.82, 2.24) is 20.0 Å². The number of likely N-dealkylation sites (N-methyl/N-ethyl adjacent to an activating group) is 1. The highest BCUT2D eigenvalue weighted by Gasteiger charge is 2.22. The van der Waals surface area contributed by atoms with Crippen LogP contribution in [0.4, 0.5) is 0 Å². The van der Waals surface area contributed by atoms with E-state index in [1.165, 1.54) is 78.2 Å². The van der Waals surface area contributed by atoms with Gasteiger partial charge in [-0.2, -0.15) is 0 Å². The molecule has 2 fully saturated rings. The van der Waals surface area contributed by atoms with Gasteiger partial charge in [-0.25, -0.2) is 0 Å². The molecule has 2 aliphatic heterocycles. The van der Waals surface area contributed by atoms with Gasteiger partial charge in [0.15, 0.2) is 0 Å². The number of piperidine rings is 1. The van der Waals surface area contributed by atoms with Crippen LogP contribution in [0.25, 0.3) is 0 Å². The molecule has 0 spiro atoms. The molecule has 4 nitrogen and oxygen atoms in total. The van der Waals surface area contributed by atoms with Crippen molar-refractivity contribution in [3.05, 3.63) is 0 Å². The van der Waals surface area contributed by atoms with Gasteiger partial charge < -0.3 is 15.1 Å². The second-order valence-electron chi connectivity index (χ2n) is 6.15. The minimum Gasteiger partial charge on any atom is -0.314 e. The molecule has 0 saturated carbocycles. The van der Waals surface area contributed by atoms with E-state index in [-0.39, 0.29) is 0 Å². The van der Waals surface area contributed by atoms with Gasteiger partial charge in [0.25, 0.3) is 0 Å². The van der Waals surface area contributed by atoms with Crippen LogP contribution in [0.5, 0.6) is 0 Å². The van der Waals surface area contributed by atoms with Gasteiger partial charge in [-0.05, 0) is 45.9 Å². The zero-order chi connectivity index (χ0) is 13.5. The Bertz CT molecular complexity index is 232. The fourth-order valence-corrected chi connectivity index (χ4v) is 3.32. The van der Waals surface area contributed by atoms with Gasteiger partial charge in [-0.15, -0.1) is 0 Å². The van der Waals surface area contributed by atoms with Crippen LogP contribution in [-0.2, 0) is 0 Å². The molecule has 19 heavy (non-hydrogen) atoms. The summed E-state index contributed by atoms with van der Waals surface area (Å²) >= 11 is 0. The van der Waals surface area contributed by atoms with Crippen LogP contribution >= 0.6 is 0 Å². The molecule has 112 valence electrons. The number of hydrogen-bond acceptors (Lipinski definition) is 4. The van der Waals surface area contributed by atoms with Crippen molar-refractivity contribution in [3.63, 3.8) is 0 Å². The number of likely N-dealkylation sites (tertiary alicyclic amines) is 1. The number of rotatable bonds is 6. The zero-order valence-electron chi connectivity index (χ0n) is 12.9. The highest BCUT2D eigenvalue weighted by molar-refractivity contribution is 4.79. The van der Waals surface area contributed by atoms with E-state index in [0.717, 1.165) is 6.04 Å². The predicted octanol–water partition coefficient (Wildman–Crippen LogP) is 0.698. The lowest BCUT2D eigenvalue weighted by Crippen LogP contribution is -2.48. The normalized spacial score (nSPS) is 24.2. The monoisotopic (exact) mass is 268 g/mol. The van der Waals surface area contributed by atoms with Crippen molar-refractivity contribution in [2.24, 2.45) is 0 Å². The fourth-order valence-electron chi connectivity index (χ4n) is 3.32. The van der Waals surface area contributed by atoms with Gasteiger partial charge in [-0.3, -0.25) is 4.90 Å². The molecule has 1 N–H and O–H groups in total. The van der Waals surface area contributed by atoms with Crippen LogP contribution in [0.2, 0.25) is 0 Å². The lowest BCUT2D eigenvalue weighted by Gasteiger charge is -2.38. The average Bonchev–Trinajstić information content (AvgIpc) is 2.47. The van der Waals surface area contributed by atoms with Crippen molar-refractivity contribution in [3.8, 4) is 0 Å². The Morgan fingerprint density at radius 3 is 2.26 bits per heavy atom. The van der Waals surface area contributed by atoms with Crippen LogP contribution < -0.4 is 5.32 Å². The molecule has 2 rings (SSSR count). The number of nitrogens with one attached hydrogen (secondary N) is 1. The fraction of sp³-hybridized carbons (Fsp3) is 1.00. The molecular weight excluding hydrogens is 236 g/mol. The molecule has 0 aromatic carbocycles. The van der Waals surface area contributed by atoms with Crippen molar-refractivity contribution < 1.29 is 0 Å².